The van der Waals surface area contributed by atoms with Gasteiger partial charge in [-0.1, -0.05) is 42.3 Å². The minimum absolute atomic E-state index is 0.00364. The van der Waals surface area contributed by atoms with Crippen molar-refractivity contribution in [2.45, 2.75) is 53.4 Å². The summed E-state index contributed by atoms with van der Waals surface area (Å²) < 4.78 is 12.2. The number of rotatable bonds is 14. The Morgan fingerprint density at radius 2 is 1.69 bits per heavy atom. The van der Waals surface area contributed by atoms with Gasteiger partial charge in [-0.15, -0.1) is 0 Å². The van der Waals surface area contributed by atoms with Gasteiger partial charge in [-0.2, -0.15) is 4.98 Å². The number of amides is 2. The first kappa shape index (κ1) is 35.6. The molecule has 0 bridgehead atoms. The molecule has 49 heavy (non-hydrogen) atoms. The average Bonchev–Trinajstić information content (AvgIpc) is 3.10. The topological polar surface area (TPSA) is 109 Å². The highest BCUT2D eigenvalue weighted by atomic mass is 35.5. The summed E-state index contributed by atoms with van der Waals surface area (Å²) in [6.07, 6.45) is 6.26. The van der Waals surface area contributed by atoms with Gasteiger partial charge in [0.2, 0.25) is 11.8 Å². The van der Waals surface area contributed by atoms with E-state index in [1.54, 1.807) is 23.1 Å². The van der Waals surface area contributed by atoms with Crippen molar-refractivity contribution < 1.29 is 19.1 Å². The molecular formula is C38H45ClN6O4. The van der Waals surface area contributed by atoms with Crippen LogP contribution >= 0.6 is 11.6 Å². The van der Waals surface area contributed by atoms with Gasteiger partial charge in [0.25, 0.3) is 11.8 Å². The van der Waals surface area contributed by atoms with Crippen molar-refractivity contribution >= 4 is 40.7 Å². The van der Waals surface area contributed by atoms with Gasteiger partial charge >= 0.3 is 0 Å². The molecule has 1 fully saturated rings. The van der Waals surface area contributed by atoms with Crippen LogP contribution in [0.1, 0.15) is 71.4 Å². The number of aryl methyl sites for hydroxylation is 2. The van der Waals surface area contributed by atoms with Gasteiger partial charge < -0.3 is 29.9 Å². The molecule has 0 unspecified atom stereocenters. The number of benzene rings is 3. The molecule has 5 rings (SSSR count). The van der Waals surface area contributed by atoms with E-state index in [0.717, 1.165) is 29.8 Å². The first-order valence-electron chi connectivity index (χ1n) is 17.0. The second kappa shape index (κ2) is 17.1. The number of nitrogens with one attached hydrogen (secondary N) is 2. The summed E-state index contributed by atoms with van der Waals surface area (Å²) in [5.41, 5.74) is 3.79. The quantitative estimate of drug-likeness (QED) is 0.128. The van der Waals surface area contributed by atoms with Gasteiger partial charge in [-0.25, -0.2) is 4.98 Å². The van der Waals surface area contributed by atoms with Crippen LogP contribution in [-0.4, -0.2) is 70.9 Å². The van der Waals surface area contributed by atoms with Crippen LogP contribution in [0.15, 0.2) is 66.9 Å². The zero-order valence-corrected chi connectivity index (χ0v) is 29.5. The molecule has 258 valence electrons. The Balaban J connectivity index is 1.36. The summed E-state index contributed by atoms with van der Waals surface area (Å²) in [5, 5.41) is 6.40. The Hall–Kier alpha value is -4.67. The summed E-state index contributed by atoms with van der Waals surface area (Å²) in [4.78, 5) is 39.8. The van der Waals surface area contributed by atoms with E-state index in [2.05, 4.69) is 25.5 Å². The molecule has 1 aromatic heterocycles. The van der Waals surface area contributed by atoms with E-state index in [1.165, 1.54) is 38.5 Å². The van der Waals surface area contributed by atoms with Gasteiger partial charge in [0, 0.05) is 48.8 Å². The molecule has 2 N–H and O–H groups in total. The fourth-order valence-corrected chi connectivity index (χ4v) is 6.04. The van der Waals surface area contributed by atoms with E-state index in [1.807, 2.05) is 70.2 Å². The monoisotopic (exact) mass is 684 g/mol. The number of piperidine rings is 1. The van der Waals surface area contributed by atoms with E-state index < -0.39 is 5.91 Å². The molecular weight excluding hydrogens is 640 g/mol. The average molecular weight is 685 g/mol. The zero-order valence-electron chi connectivity index (χ0n) is 28.7. The minimum Gasteiger partial charge on any atom is -0.493 e. The number of ether oxygens (including phenoxy) is 2. The molecule has 0 radical (unpaired) electrons. The molecule has 10 nitrogen and oxygen atoms in total. The maximum Gasteiger partial charge on any atom is 0.262 e. The predicted octanol–water partition coefficient (Wildman–Crippen LogP) is 8.27. The molecule has 0 spiro atoms. The molecule has 4 aromatic rings. The van der Waals surface area contributed by atoms with E-state index in [9.17, 15) is 9.59 Å². The number of para-hydroxylation sites is 1. The summed E-state index contributed by atoms with van der Waals surface area (Å²) >= 11 is 6.63. The molecule has 1 saturated heterocycles. The van der Waals surface area contributed by atoms with E-state index in [-0.39, 0.29) is 34.1 Å². The first-order chi connectivity index (χ1) is 23.7. The number of hydrogen-bond acceptors (Lipinski definition) is 8. The zero-order chi connectivity index (χ0) is 34.8. The third kappa shape index (κ3) is 9.49. The van der Waals surface area contributed by atoms with Gasteiger partial charge in [-0.3, -0.25) is 9.59 Å². The number of aromatic nitrogens is 2. The molecule has 2 amide bonds. The van der Waals surface area contributed by atoms with Gasteiger partial charge in [0.15, 0.2) is 0 Å². The normalized spacial score (nSPS) is 13.1. The smallest absolute Gasteiger partial charge is 0.262 e. The van der Waals surface area contributed by atoms with Crippen molar-refractivity contribution in [3.05, 3.63) is 94.1 Å². The van der Waals surface area contributed by atoms with Crippen LogP contribution in [0.25, 0.3) is 0 Å². The number of anilines is 3. The van der Waals surface area contributed by atoms with Gasteiger partial charge in [0.1, 0.15) is 17.1 Å². The number of carbonyl (C=O) groups is 2. The Labute approximate surface area is 293 Å². The lowest BCUT2D eigenvalue weighted by Crippen LogP contribution is -2.31. The fourth-order valence-electron chi connectivity index (χ4n) is 5.82. The van der Waals surface area contributed by atoms with E-state index in [0.29, 0.717) is 36.6 Å². The molecule has 0 atom stereocenters. The number of likely N-dealkylation sites (tertiary alicyclic amines) is 1. The number of nitrogens with zero attached hydrogens (tertiary/aromatic N) is 4. The van der Waals surface area contributed by atoms with Crippen LogP contribution in [0.3, 0.4) is 0 Å². The largest absolute Gasteiger partial charge is 0.493 e. The van der Waals surface area contributed by atoms with Crippen molar-refractivity contribution in [1.29, 1.82) is 0 Å². The van der Waals surface area contributed by atoms with Crippen molar-refractivity contribution in [1.82, 2.24) is 19.8 Å². The Bertz CT molecular complexity index is 1740. The van der Waals surface area contributed by atoms with Crippen molar-refractivity contribution in [2.75, 3.05) is 50.0 Å². The number of halogens is 1. The maximum atomic E-state index is 13.6. The Kier molecular flexibility index (Phi) is 12.5. The lowest BCUT2D eigenvalue weighted by Gasteiger charge is -2.26. The molecule has 1 aliphatic rings. The van der Waals surface area contributed by atoms with Gasteiger partial charge in [-0.05, 0) is 102 Å². The third-order valence-corrected chi connectivity index (χ3v) is 8.88. The van der Waals surface area contributed by atoms with Gasteiger partial charge in [0.05, 0.1) is 11.6 Å². The molecule has 0 saturated carbocycles. The summed E-state index contributed by atoms with van der Waals surface area (Å²) in [6.45, 7) is 12.9. The Morgan fingerprint density at radius 3 is 2.41 bits per heavy atom. The minimum atomic E-state index is -0.441. The highest BCUT2D eigenvalue weighted by Crippen LogP contribution is 2.33. The van der Waals surface area contributed by atoms with Crippen LogP contribution in [0.4, 0.5) is 17.3 Å². The van der Waals surface area contributed by atoms with Crippen LogP contribution in [0.2, 0.25) is 5.02 Å². The molecule has 0 aliphatic carbocycles. The predicted molar refractivity (Wildman–Crippen MR) is 195 cm³/mol. The van der Waals surface area contributed by atoms with Crippen molar-refractivity contribution in [3.63, 3.8) is 0 Å². The molecule has 3 aromatic carbocycles. The first-order valence-corrected chi connectivity index (χ1v) is 17.4. The van der Waals surface area contributed by atoms with E-state index in [4.69, 9.17) is 21.1 Å². The molecule has 2 heterocycles. The highest BCUT2D eigenvalue weighted by Gasteiger charge is 2.21. The second-order valence-corrected chi connectivity index (χ2v) is 12.5. The van der Waals surface area contributed by atoms with Crippen molar-refractivity contribution in [3.8, 4) is 17.4 Å². The lowest BCUT2D eigenvalue weighted by molar-refractivity contribution is 0.0772. The molecule has 11 heteroatoms. The maximum absolute atomic E-state index is 13.6. The Morgan fingerprint density at radius 1 is 0.959 bits per heavy atom. The van der Waals surface area contributed by atoms with E-state index >= 15 is 0 Å². The van der Waals surface area contributed by atoms with Crippen LogP contribution in [-0.2, 0) is 0 Å². The van der Waals surface area contributed by atoms with Crippen LogP contribution < -0.4 is 20.1 Å². The number of carbonyl (C=O) groups excluding carboxylic acids is 2. The van der Waals surface area contributed by atoms with Crippen LogP contribution in [0, 0.1) is 13.8 Å². The molecule has 1 aliphatic heterocycles. The standard InChI is InChI=1S/C38H45ClN6O4/c1-5-45(6-2)37(47)28-17-18-33(32(39)23-28)49-36-31(35(46)42-34-26(3)13-10-14-27(34)4)25-40-38(43-36)41-29-15-11-16-30(24-29)48-22-12-21-44-19-8-7-9-20-44/h10-11,13-18,23-25H,5-9,12,19-22H2,1-4H3,(H,42,46)(H,40,41,43). The number of hydrogen-bond donors (Lipinski definition) is 2. The highest BCUT2D eigenvalue weighted by molar-refractivity contribution is 6.32. The van der Waals surface area contributed by atoms with Crippen LogP contribution in [0.5, 0.6) is 17.4 Å². The van der Waals surface area contributed by atoms with Crippen molar-refractivity contribution in [2.24, 2.45) is 0 Å². The lowest BCUT2D eigenvalue weighted by atomic mass is 10.1. The summed E-state index contributed by atoms with van der Waals surface area (Å²) in [6, 6.07) is 18.2. The fraction of sp³-hybridized carbons (Fsp3) is 0.368. The summed E-state index contributed by atoms with van der Waals surface area (Å²) in [5.74, 6) is 0.609. The second-order valence-electron chi connectivity index (χ2n) is 12.1. The SMILES string of the molecule is CCN(CC)C(=O)c1ccc(Oc2nc(Nc3cccc(OCCCN4CCCCC4)c3)ncc2C(=O)Nc2c(C)cccc2C)c(Cl)c1. The third-order valence-electron chi connectivity index (χ3n) is 8.58. The summed E-state index contributed by atoms with van der Waals surface area (Å²) in [7, 11) is 0.